The molecule has 3 aromatic rings. The number of aromatic nitrogens is 3. The summed E-state index contributed by atoms with van der Waals surface area (Å²) in [6.45, 7) is 0.715. The van der Waals surface area contributed by atoms with Crippen LogP contribution in [0.5, 0.6) is 5.88 Å². The number of ether oxygens (including phenoxy) is 1. The maximum atomic E-state index is 13.4. The van der Waals surface area contributed by atoms with E-state index in [0.717, 1.165) is 4.68 Å². The molecular formula is C23H27FN5O6P. The van der Waals surface area contributed by atoms with Crippen LogP contribution in [0.2, 0.25) is 0 Å². The molecule has 11 nitrogen and oxygen atoms in total. The molecule has 4 rings (SSSR count). The number of methoxy groups -OCH3 is 1. The van der Waals surface area contributed by atoms with E-state index in [4.69, 9.17) is 14.5 Å². The van der Waals surface area contributed by atoms with Gasteiger partial charge in [0.1, 0.15) is 18.2 Å². The number of piperidine rings is 1. The second-order valence-electron chi connectivity index (χ2n) is 8.73. The van der Waals surface area contributed by atoms with Crippen LogP contribution in [0.3, 0.4) is 0 Å². The Balaban J connectivity index is 1.57. The number of amides is 1. The van der Waals surface area contributed by atoms with Crippen molar-refractivity contribution < 1.29 is 28.3 Å². The number of fused-ring (bicyclic) bond motifs is 1. The molecule has 0 bridgehead atoms. The van der Waals surface area contributed by atoms with E-state index in [-0.39, 0.29) is 29.7 Å². The molecule has 0 unspecified atom stereocenters. The zero-order chi connectivity index (χ0) is 25.9. The number of hydrogen-bond acceptors (Lipinski definition) is 7. The van der Waals surface area contributed by atoms with Crippen LogP contribution in [0.4, 0.5) is 15.9 Å². The van der Waals surface area contributed by atoms with Crippen molar-refractivity contribution >= 4 is 35.8 Å². The van der Waals surface area contributed by atoms with Crippen LogP contribution in [0.15, 0.2) is 41.3 Å². The van der Waals surface area contributed by atoms with Crippen LogP contribution in [0.1, 0.15) is 19.3 Å². The summed E-state index contributed by atoms with van der Waals surface area (Å²) < 4.78 is 31.0. The molecule has 3 N–H and O–H groups in total. The molecule has 1 aliphatic rings. The van der Waals surface area contributed by atoms with Crippen molar-refractivity contribution in [3.8, 4) is 5.88 Å². The average Bonchev–Trinajstić information content (AvgIpc) is 2.83. The molecule has 1 amide bonds. The fraction of sp³-hybridized carbons (Fsp3) is 0.391. The largest absolute Gasteiger partial charge is 0.481 e. The van der Waals surface area contributed by atoms with Gasteiger partial charge in [-0.25, -0.2) is 9.07 Å². The summed E-state index contributed by atoms with van der Waals surface area (Å²) in [4.78, 5) is 50.6. The van der Waals surface area contributed by atoms with Gasteiger partial charge in [-0.3, -0.25) is 14.2 Å². The van der Waals surface area contributed by atoms with E-state index in [1.807, 2.05) is 4.90 Å². The molecule has 1 fully saturated rings. The number of benzene rings is 1. The van der Waals surface area contributed by atoms with Gasteiger partial charge in [0.25, 0.3) is 5.56 Å². The molecule has 0 spiro atoms. The summed E-state index contributed by atoms with van der Waals surface area (Å²) in [5, 5.41) is 7.47. The van der Waals surface area contributed by atoms with Gasteiger partial charge in [0.2, 0.25) is 11.8 Å². The Labute approximate surface area is 206 Å². The zero-order valence-electron chi connectivity index (χ0n) is 19.6. The average molecular weight is 519 g/mol. The first-order chi connectivity index (χ1) is 17.1. The number of pyridine rings is 1. The smallest absolute Gasteiger partial charge is 0.325 e. The topological polar surface area (TPSA) is 147 Å². The highest BCUT2D eigenvalue weighted by atomic mass is 31.2. The fourth-order valence-electron chi connectivity index (χ4n) is 4.29. The van der Waals surface area contributed by atoms with Crippen molar-refractivity contribution in [2.45, 2.75) is 25.8 Å². The van der Waals surface area contributed by atoms with E-state index in [2.05, 4.69) is 15.4 Å². The molecule has 3 heterocycles. The van der Waals surface area contributed by atoms with Crippen LogP contribution in [0, 0.1) is 11.7 Å². The van der Waals surface area contributed by atoms with E-state index < -0.39 is 24.9 Å². The number of nitrogens with one attached hydrogen (secondary N) is 1. The van der Waals surface area contributed by atoms with E-state index in [1.54, 1.807) is 6.07 Å². The molecule has 1 aliphatic heterocycles. The Kier molecular flexibility index (Phi) is 7.67. The summed E-state index contributed by atoms with van der Waals surface area (Å²) in [5.74, 6) is -0.156. The molecular weight excluding hydrogens is 492 g/mol. The third kappa shape index (κ3) is 6.26. The maximum Gasteiger partial charge on any atom is 0.325 e. The molecule has 2 aromatic heterocycles. The third-order valence-electron chi connectivity index (χ3n) is 6.15. The number of rotatable bonds is 8. The van der Waals surface area contributed by atoms with E-state index >= 15 is 0 Å². The highest BCUT2D eigenvalue weighted by Crippen LogP contribution is 2.38. The molecule has 0 aliphatic carbocycles. The van der Waals surface area contributed by atoms with Gasteiger partial charge < -0.3 is 24.7 Å². The highest BCUT2D eigenvalue weighted by molar-refractivity contribution is 7.51. The highest BCUT2D eigenvalue weighted by Gasteiger charge is 2.26. The number of hydrogen-bond donors (Lipinski definition) is 3. The monoisotopic (exact) mass is 519 g/mol. The SMILES string of the molecule is COc1cc2cnn(CC(=O)Nc3cccc(F)c3)c(=O)c2c(N2CCC(CCP(=O)(O)O)CC2)n1. The Morgan fingerprint density at radius 1 is 1.28 bits per heavy atom. The van der Waals surface area contributed by atoms with Gasteiger partial charge in [0.05, 0.1) is 24.9 Å². The second kappa shape index (κ2) is 10.7. The number of carbonyl (C=O) groups excluding carboxylic acids is 1. The summed E-state index contributed by atoms with van der Waals surface area (Å²) >= 11 is 0. The lowest BCUT2D eigenvalue weighted by atomic mass is 9.94. The number of anilines is 2. The third-order valence-corrected chi connectivity index (χ3v) is 6.99. The molecule has 13 heteroatoms. The standard InChI is InChI=1S/C23H27FN5O6P/c1-35-20-11-16-13-25-29(14-19(30)26-18-4-2-3-17(24)12-18)23(31)21(16)22(27-20)28-8-5-15(6-9-28)7-10-36(32,33)34/h2-4,11-13,15H,5-10,14H2,1H3,(H,26,30)(H2,32,33,34). The molecule has 0 radical (unpaired) electrons. The molecule has 192 valence electrons. The first-order valence-corrected chi connectivity index (χ1v) is 13.2. The number of halogens is 1. The second-order valence-corrected chi connectivity index (χ2v) is 10.5. The van der Waals surface area contributed by atoms with Crippen LogP contribution < -0.4 is 20.5 Å². The van der Waals surface area contributed by atoms with E-state index in [1.165, 1.54) is 37.6 Å². The Bertz CT molecular complexity index is 1370. The summed E-state index contributed by atoms with van der Waals surface area (Å²) in [5.41, 5.74) is -0.238. The first kappa shape index (κ1) is 25.7. The van der Waals surface area contributed by atoms with Gasteiger partial charge in [0.15, 0.2) is 0 Å². The van der Waals surface area contributed by atoms with E-state index in [0.29, 0.717) is 49.4 Å². The van der Waals surface area contributed by atoms with Gasteiger partial charge in [-0.2, -0.15) is 10.1 Å². The zero-order valence-corrected chi connectivity index (χ0v) is 20.5. The van der Waals surface area contributed by atoms with Crippen molar-refractivity contribution in [3.05, 3.63) is 52.7 Å². The van der Waals surface area contributed by atoms with Crippen LogP contribution >= 0.6 is 7.60 Å². The maximum absolute atomic E-state index is 13.4. The summed E-state index contributed by atoms with van der Waals surface area (Å²) in [6, 6.07) is 7.03. The normalized spacial score (nSPS) is 14.7. The predicted molar refractivity (Wildman–Crippen MR) is 132 cm³/mol. The van der Waals surface area contributed by atoms with Crippen molar-refractivity contribution in [1.82, 2.24) is 14.8 Å². The molecule has 0 atom stereocenters. The molecule has 36 heavy (non-hydrogen) atoms. The van der Waals surface area contributed by atoms with Gasteiger partial charge in [-0.1, -0.05) is 6.07 Å². The van der Waals surface area contributed by atoms with Crippen LogP contribution in [0.25, 0.3) is 10.8 Å². The van der Waals surface area contributed by atoms with Crippen LogP contribution in [-0.2, 0) is 15.9 Å². The Morgan fingerprint density at radius 2 is 2.03 bits per heavy atom. The van der Waals surface area contributed by atoms with Crippen molar-refractivity contribution in [2.75, 3.05) is 36.6 Å². The predicted octanol–water partition coefficient (Wildman–Crippen LogP) is 2.36. The van der Waals surface area contributed by atoms with Crippen molar-refractivity contribution in [2.24, 2.45) is 5.92 Å². The Morgan fingerprint density at radius 3 is 2.69 bits per heavy atom. The van der Waals surface area contributed by atoms with Gasteiger partial charge >= 0.3 is 7.60 Å². The number of carbonyl (C=O) groups is 1. The molecule has 1 aromatic carbocycles. The van der Waals surface area contributed by atoms with Crippen LogP contribution in [-0.4, -0.2) is 56.8 Å². The fourth-order valence-corrected chi connectivity index (χ4v) is 5.00. The summed E-state index contributed by atoms with van der Waals surface area (Å²) in [7, 11) is -2.57. The first-order valence-electron chi connectivity index (χ1n) is 11.4. The number of nitrogens with zero attached hydrogens (tertiary/aromatic N) is 4. The van der Waals surface area contributed by atoms with Gasteiger partial charge in [0, 0.05) is 30.2 Å². The molecule has 1 saturated heterocycles. The summed E-state index contributed by atoms with van der Waals surface area (Å²) in [6.07, 6.45) is 3.13. The minimum Gasteiger partial charge on any atom is -0.481 e. The van der Waals surface area contributed by atoms with Gasteiger partial charge in [-0.15, -0.1) is 0 Å². The minimum atomic E-state index is -4.04. The lowest BCUT2D eigenvalue weighted by molar-refractivity contribution is -0.117. The van der Waals surface area contributed by atoms with E-state index in [9.17, 15) is 18.5 Å². The quantitative estimate of drug-likeness (QED) is 0.382. The van der Waals surface area contributed by atoms with Crippen molar-refractivity contribution in [1.29, 1.82) is 0 Å². The van der Waals surface area contributed by atoms with Crippen molar-refractivity contribution in [3.63, 3.8) is 0 Å². The van der Waals surface area contributed by atoms with Gasteiger partial charge in [-0.05, 0) is 43.4 Å². The minimum absolute atomic E-state index is 0.147. The Hall–Kier alpha value is -3.34. The molecule has 0 saturated carbocycles. The lowest BCUT2D eigenvalue weighted by Gasteiger charge is -2.33. The lowest BCUT2D eigenvalue weighted by Crippen LogP contribution is -2.36.